The third-order valence-electron chi connectivity index (χ3n) is 3.48. The molecule has 1 fully saturated rings. The second-order valence-corrected chi connectivity index (χ2v) is 4.87. The van der Waals surface area contributed by atoms with Crippen molar-refractivity contribution in [3.8, 4) is 0 Å². The predicted octanol–water partition coefficient (Wildman–Crippen LogP) is -0.289. The van der Waals surface area contributed by atoms with Gasteiger partial charge in [0.25, 0.3) is 0 Å². The molecule has 2 heterocycles. The van der Waals surface area contributed by atoms with E-state index in [1.165, 1.54) is 0 Å². The zero-order valence-corrected chi connectivity index (χ0v) is 11.1. The van der Waals surface area contributed by atoms with E-state index in [2.05, 4.69) is 15.3 Å². The van der Waals surface area contributed by atoms with Gasteiger partial charge in [-0.2, -0.15) is 0 Å². The lowest BCUT2D eigenvalue weighted by Crippen LogP contribution is -2.49. The van der Waals surface area contributed by atoms with Gasteiger partial charge in [0.05, 0.1) is 0 Å². The first-order chi connectivity index (χ1) is 9.58. The summed E-state index contributed by atoms with van der Waals surface area (Å²) in [5.74, 6) is 0.176. The molecule has 5 N–H and O–H groups in total. The van der Waals surface area contributed by atoms with E-state index in [0.717, 1.165) is 18.7 Å². The minimum atomic E-state index is -1.12. The van der Waals surface area contributed by atoms with Gasteiger partial charge in [-0.25, -0.2) is 9.78 Å². The summed E-state index contributed by atoms with van der Waals surface area (Å²) in [6, 6.07) is -1.33. The number of hydrogen-bond donors (Lipinski definition) is 4. The van der Waals surface area contributed by atoms with E-state index < -0.39 is 12.0 Å². The number of carbonyl (C=O) groups excluding carboxylic acids is 1. The van der Waals surface area contributed by atoms with E-state index in [1.807, 2.05) is 0 Å². The van der Waals surface area contributed by atoms with Gasteiger partial charge in [-0.15, -0.1) is 0 Å². The Bertz CT molecular complexity index is 454. The molecule has 1 unspecified atom stereocenters. The summed E-state index contributed by atoms with van der Waals surface area (Å²) in [4.78, 5) is 31.4. The number of piperidine rings is 1. The van der Waals surface area contributed by atoms with Crippen LogP contribution in [0.4, 0.5) is 4.79 Å². The second-order valence-electron chi connectivity index (χ2n) is 4.87. The van der Waals surface area contributed by atoms with Crippen molar-refractivity contribution < 1.29 is 14.7 Å². The number of carbonyl (C=O) groups is 2. The minimum Gasteiger partial charge on any atom is -0.480 e. The largest absolute Gasteiger partial charge is 0.480 e. The van der Waals surface area contributed by atoms with E-state index >= 15 is 0 Å². The van der Waals surface area contributed by atoms with E-state index in [1.54, 1.807) is 17.3 Å². The Balaban J connectivity index is 1.76. The highest BCUT2D eigenvalue weighted by atomic mass is 16.4. The van der Waals surface area contributed by atoms with Gasteiger partial charge in [-0.3, -0.25) is 4.79 Å². The third-order valence-corrected chi connectivity index (χ3v) is 3.48. The summed E-state index contributed by atoms with van der Waals surface area (Å²) < 4.78 is 0. The van der Waals surface area contributed by atoms with Crippen molar-refractivity contribution in [1.29, 1.82) is 0 Å². The first kappa shape index (κ1) is 14.3. The van der Waals surface area contributed by atoms with Gasteiger partial charge in [-0.1, -0.05) is 0 Å². The molecule has 1 aliphatic rings. The fourth-order valence-electron chi connectivity index (χ4n) is 2.25. The number of H-pyrrole nitrogens is 1. The van der Waals surface area contributed by atoms with Gasteiger partial charge >= 0.3 is 12.0 Å². The van der Waals surface area contributed by atoms with Crippen LogP contribution >= 0.6 is 0 Å². The van der Waals surface area contributed by atoms with Crippen molar-refractivity contribution in [2.75, 3.05) is 19.6 Å². The van der Waals surface area contributed by atoms with Gasteiger partial charge in [0.2, 0.25) is 0 Å². The number of nitrogens with one attached hydrogen (secondary N) is 2. The Morgan fingerprint density at radius 1 is 1.55 bits per heavy atom. The van der Waals surface area contributed by atoms with Gasteiger partial charge < -0.3 is 26.0 Å². The van der Waals surface area contributed by atoms with Crippen molar-refractivity contribution in [2.24, 2.45) is 5.73 Å². The summed E-state index contributed by atoms with van der Waals surface area (Å²) in [6.07, 6.45) is 5.20. The van der Waals surface area contributed by atoms with Crippen molar-refractivity contribution >= 4 is 12.0 Å². The highest BCUT2D eigenvalue weighted by molar-refractivity contribution is 5.77. The van der Waals surface area contributed by atoms with E-state index in [-0.39, 0.29) is 12.6 Å². The van der Waals surface area contributed by atoms with Crippen molar-refractivity contribution in [3.63, 3.8) is 0 Å². The molecule has 8 nitrogen and oxygen atoms in total. The number of amides is 2. The van der Waals surface area contributed by atoms with Crippen LogP contribution in [-0.2, 0) is 4.79 Å². The van der Waals surface area contributed by atoms with E-state index in [9.17, 15) is 9.59 Å². The molecule has 0 aromatic carbocycles. The third kappa shape index (κ3) is 3.47. The average molecular weight is 281 g/mol. The SMILES string of the molecule is NC(CNC(=O)N1CCC(c2ncc[nH]2)CC1)C(=O)O. The molecule has 2 amide bonds. The van der Waals surface area contributed by atoms with Gasteiger partial charge in [0, 0.05) is 37.9 Å². The van der Waals surface area contributed by atoms with Crippen molar-refractivity contribution in [1.82, 2.24) is 20.2 Å². The van der Waals surface area contributed by atoms with E-state index in [0.29, 0.717) is 19.0 Å². The van der Waals surface area contributed by atoms with Crippen LogP contribution in [0.15, 0.2) is 12.4 Å². The Kier molecular flexibility index (Phi) is 4.57. The number of aliphatic carboxylic acids is 1. The minimum absolute atomic E-state index is 0.0632. The molecule has 1 aromatic heterocycles. The zero-order chi connectivity index (χ0) is 14.5. The number of hydrogen-bond acceptors (Lipinski definition) is 4. The molecule has 8 heteroatoms. The van der Waals surface area contributed by atoms with Crippen LogP contribution in [0.5, 0.6) is 0 Å². The monoisotopic (exact) mass is 281 g/mol. The van der Waals surface area contributed by atoms with Crippen LogP contribution in [0, 0.1) is 0 Å². The fourth-order valence-corrected chi connectivity index (χ4v) is 2.25. The number of urea groups is 1. The topological polar surface area (TPSA) is 124 Å². The number of carboxylic acid groups (broad SMARTS) is 1. The molecule has 0 bridgehead atoms. The van der Waals surface area contributed by atoms with Crippen molar-refractivity contribution in [2.45, 2.75) is 24.8 Å². The molecular formula is C12H19N5O3. The number of nitrogens with zero attached hydrogens (tertiary/aromatic N) is 2. The molecule has 0 aliphatic carbocycles. The lowest BCUT2D eigenvalue weighted by molar-refractivity contribution is -0.138. The first-order valence-corrected chi connectivity index (χ1v) is 6.58. The van der Waals surface area contributed by atoms with Crippen LogP contribution < -0.4 is 11.1 Å². The molecule has 20 heavy (non-hydrogen) atoms. The molecule has 0 saturated carbocycles. The highest BCUT2D eigenvalue weighted by Crippen LogP contribution is 2.25. The number of aromatic amines is 1. The molecule has 1 saturated heterocycles. The van der Waals surface area contributed by atoms with Crippen molar-refractivity contribution in [3.05, 3.63) is 18.2 Å². The Labute approximate surface area is 116 Å². The van der Waals surface area contributed by atoms with Gasteiger partial charge in [0.1, 0.15) is 11.9 Å². The predicted molar refractivity (Wildman–Crippen MR) is 71.1 cm³/mol. The van der Waals surface area contributed by atoms with Crippen LogP contribution in [-0.4, -0.2) is 57.7 Å². The Morgan fingerprint density at radius 3 is 2.80 bits per heavy atom. The summed E-state index contributed by atoms with van der Waals surface area (Å²) >= 11 is 0. The maximum Gasteiger partial charge on any atom is 0.322 e. The second kappa shape index (κ2) is 6.38. The molecule has 2 rings (SSSR count). The smallest absolute Gasteiger partial charge is 0.322 e. The number of likely N-dealkylation sites (tertiary alicyclic amines) is 1. The maximum atomic E-state index is 11.9. The number of imidazole rings is 1. The van der Waals surface area contributed by atoms with Crippen LogP contribution in [0.3, 0.4) is 0 Å². The lowest BCUT2D eigenvalue weighted by Gasteiger charge is -2.31. The molecule has 0 spiro atoms. The van der Waals surface area contributed by atoms with Gasteiger partial charge in [0.15, 0.2) is 0 Å². The number of carboxylic acids is 1. The Morgan fingerprint density at radius 2 is 2.25 bits per heavy atom. The molecular weight excluding hydrogens is 262 g/mol. The summed E-state index contributed by atoms with van der Waals surface area (Å²) in [5, 5.41) is 11.2. The summed E-state index contributed by atoms with van der Waals surface area (Å²) in [5.41, 5.74) is 5.34. The molecule has 1 aliphatic heterocycles. The standard InChI is InChI=1S/C12H19N5O3/c13-9(11(18)19)7-16-12(20)17-5-1-8(2-6-17)10-14-3-4-15-10/h3-4,8-9H,1-2,5-7,13H2,(H,14,15)(H,16,20)(H,18,19). The van der Waals surface area contributed by atoms with Crippen LogP contribution in [0.2, 0.25) is 0 Å². The number of rotatable bonds is 4. The Hall–Kier alpha value is -2.09. The zero-order valence-electron chi connectivity index (χ0n) is 11.1. The quantitative estimate of drug-likeness (QED) is 0.603. The summed E-state index contributed by atoms with van der Waals surface area (Å²) in [6.45, 7) is 1.19. The van der Waals surface area contributed by atoms with E-state index in [4.69, 9.17) is 10.8 Å². The summed E-state index contributed by atoms with van der Waals surface area (Å²) in [7, 11) is 0. The maximum absolute atomic E-state index is 11.9. The molecule has 1 atom stereocenters. The first-order valence-electron chi connectivity index (χ1n) is 6.58. The fraction of sp³-hybridized carbons (Fsp3) is 0.583. The average Bonchev–Trinajstić information content (AvgIpc) is 2.98. The highest BCUT2D eigenvalue weighted by Gasteiger charge is 2.25. The molecule has 1 aromatic rings. The van der Waals surface area contributed by atoms with Crippen LogP contribution in [0.25, 0.3) is 0 Å². The number of nitrogens with two attached hydrogens (primary N) is 1. The van der Waals surface area contributed by atoms with Crippen LogP contribution in [0.1, 0.15) is 24.6 Å². The number of aromatic nitrogens is 2. The molecule has 0 radical (unpaired) electrons. The normalized spacial score (nSPS) is 17.8. The lowest BCUT2D eigenvalue weighted by atomic mass is 9.96. The molecule has 110 valence electrons. The van der Waals surface area contributed by atoms with Gasteiger partial charge in [-0.05, 0) is 12.8 Å².